The van der Waals surface area contributed by atoms with Gasteiger partial charge >= 0.3 is 0 Å². The first-order chi connectivity index (χ1) is 14.4. The summed E-state index contributed by atoms with van der Waals surface area (Å²) in [5, 5.41) is 15.6. The van der Waals surface area contributed by atoms with Crippen LogP contribution < -0.4 is 15.4 Å². The number of likely N-dealkylation sites (tertiary alicyclic amines) is 1. The standard InChI is InChI=1S/C19H27FN6O3S/c1-2-25-30(28,29)17-4-3-6-23-19(17)15-10-22-7-5-16(15)24-11-18(27)26-12-13(20)8-14(26)9-21/h3-4,6,13-16,22,24-25H,2,5,7-8,10-12H2,1H3/t13-,14-,15-,16-/m0/s1. The molecule has 1 aromatic rings. The Morgan fingerprint density at radius 3 is 3.03 bits per heavy atom. The fourth-order valence-corrected chi connectivity index (χ4v) is 5.34. The Morgan fingerprint density at radius 1 is 1.50 bits per heavy atom. The van der Waals surface area contributed by atoms with Crippen LogP contribution in [0.1, 0.15) is 31.4 Å². The van der Waals surface area contributed by atoms with Gasteiger partial charge in [-0.1, -0.05) is 6.92 Å². The second-order valence-electron chi connectivity index (χ2n) is 7.50. The smallest absolute Gasteiger partial charge is 0.242 e. The zero-order valence-electron chi connectivity index (χ0n) is 16.8. The number of alkyl halides is 1. The Labute approximate surface area is 176 Å². The number of hydrogen-bond acceptors (Lipinski definition) is 7. The number of hydrogen-bond donors (Lipinski definition) is 3. The highest BCUT2D eigenvalue weighted by molar-refractivity contribution is 7.89. The lowest BCUT2D eigenvalue weighted by Gasteiger charge is -2.33. The third-order valence-electron chi connectivity index (χ3n) is 5.49. The monoisotopic (exact) mass is 438 g/mol. The van der Waals surface area contributed by atoms with Crippen LogP contribution in [0.2, 0.25) is 0 Å². The molecule has 164 valence electrons. The average molecular weight is 439 g/mol. The predicted molar refractivity (Wildman–Crippen MR) is 108 cm³/mol. The van der Waals surface area contributed by atoms with Crippen LogP contribution >= 0.6 is 0 Å². The van der Waals surface area contributed by atoms with E-state index in [4.69, 9.17) is 5.26 Å². The molecule has 0 spiro atoms. The number of nitrogens with one attached hydrogen (secondary N) is 3. The third-order valence-corrected chi connectivity index (χ3v) is 7.08. The summed E-state index contributed by atoms with van der Waals surface area (Å²) in [7, 11) is -3.70. The molecule has 3 rings (SSSR count). The molecule has 2 aliphatic heterocycles. The lowest BCUT2D eigenvalue weighted by Crippen LogP contribution is -2.50. The van der Waals surface area contributed by atoms with E-state index in [-0.39, 0.29) is 48.8 Å². The van der Waals surface area contributed by atoms with Crippen LogP contribution in [0.15, 0.2) is 23.2 Å². The van der Waals surface area contributed by atoms with E-state index in [9.17, 15) is 17.6 Å². The zero-order valence-corrected chi connectivity index (χ0v) is 17.7. The summed E-state index contributed by atoms with van der Waals surface area (Å²) >= 11 is 0. The normalized spacial score (nSPS) is 27.0. The molecular formula is C19H27FN6O3S. The number of halogens is 1. The number of nitriles is 1. The van der Waals surface area contributed by atoms with E-state index in [0.717, 1.165) is 0 Å². The first kappa shape index (κ1) is 22.6. The topological polar surface area (TPSA) is 127 Å². The molecule has 11 heteroatoms. The number of amides is 1. The van der Waals surface area contributed by atoms with E-state index >= 15 is 0 Å². The number of carbonyl (C=O) groups is 1. The molecule has 9 nitrogen and oxygen atoms in total. The van der Waals surface area contributed by atoms with Gasteiger partial charge in [0.05, 0.1) is 24.9 Å². The first-order valence-electron chi connectivity index (χ1n) is 10.1. The summed E-state index contributed by atoms with van der Waals surface area (Å²) < 4.78 is 41.4. The Kier molecular flexibility index (Phi) is 7.36. The maximum atomic E-state index is 13.6. The van der Waals surface area contributed by atoms with Gasteiger partial charge in [-0.2, -0.15) is 5.26 Å². The molecule has 2 fully saturated rings. The van der Waals surface area contributed by atoms with Crippen LogP contribution in [0.25, 0.3) is 0 Å². The van der Waals surface area contributed by atoms with Crippen LogP contribution in [-0.4, -0.2) is 75.2 Å². The quantitative estimate of drug-likeness (QED) is 0.541. The van der Waals surface area contributed by atoms with Gasteiger partial charge in [-0.3, -0.25) is 9.78 Å². The van der Waals surface area contributed by atoms with Crippen molar-refractivity contribution in [2.45, 2.75) is 48.8 Å². The fourth-order valence-electron chi connectivity index (χ4n) is 4.07. The molecule has 0 radical (unpaired) electrons. The molecule has 2 saturated heterocycles. The Bertz CT molecular complexity index is 906. The highest BCUT2D eigenvalue weighted by Gasteiger charge is 2.36. The van der Waals surface area contributed by atoms with Crippen molar-refractivity contribution in [1.82, 2.24) is 25.2 Å². The summed E-state index contributed by atoms with van der Waals surface area (Å²) in [5.74, 6) is -0.601. The number of piperidine rings is 1. The van der Waals surface area contributed by atoms with Gasteiger partial charge in [0.25, 0.3) is 0 Å². The molecule has 4 atom stereocenters. The van der Waals surface area contributed by atoms with E-state index in [2.05, 4.69) is 20.3 Å². The van der Waals surface area contributed by atoms with E-state index < -0.39 is 22.2 Å². The van der Waals surface area contributed by atoms with E-state index in [1.54, 1.807) is 19.2 Å². The molecule has 0 aromatic carbocycles. The van der Waals surface area contributed by atoms with E-state index in [0.29, 0.717) is 25.2 Å². The van der Waals surface area contributed by atoms with Crippen LogP contribution in [0, 0.1) is 11.3 Å². The lowest BCUT2D eigenvalue weighted by atomic mass is 9.90. The molecule has 3 N–H and O–H groups in total. The highest BCUT2D eigenvalue weighted by atomic mass is 32.2. The second kappa shape index (κ2) is 9.78. The summed E-state index contributed by atoms with van der Waals surface area (Å²) in [6.07, 6.45) is 1.08. The minimum absolute atomic E-state index is 0.0395. The van der Waals surface area contributed by atoms with Crippen molar-refractivity contribution in [3.05, 3.63) is 24.0 Å². The molecule has 0 unspecified atom stereocenters. The minimum Gasteiger partial charge on any atom is -0.323 e. The van der Waals surface area contributed by atoms with E-state index in [1.807, 2.05) is 6.07 Å². The molecule has 0 aliphatic carbocycles. The van der Waals surface area contributed by atoms with Crippen LogP contribution in [-0.2, 0) is 14.8 Å². The van der Waals surface area contributed by atoms with Gasteiger partial charge in [0, 0.05) is 37.7 Å². The van der Waals surface area contributed by atoms with Gasteiger partial charge in [-0.15, -0.1) is 0 Å². The molecule has 2 aliphatic rings. The SMILES string of the molecule is CCNS(=O)(=O)c1cccnc1[C@H]1CNCC[C@@H]1NCC(=O)N1C[C@@H](F)C[C@H]1C#N. The Morgan fingerprint density at radius 2 is 2.30 bits per heavy atom. The molecule has 0 bridgehead atoms. The maximum absolute atomic E-state index is 13.6. The van der Waals surface area contributed by atoms with Crippen molar-refractivity contribution in [1.29, 1.82) is 5.26 Å². The number of sulfonamides is 1. The van der Waals surface area contributed by atoms with Crippen molar-refractivity contribution in [3.63, 3.8) is 0 Å². The number of aromatic nitrogens is 1. The molecule has 3 heterocycles. The predicted octanol–water partition coefficient (Wildman–Crippen LogP) is -0.123. The summed E-state index contributed by atoms with van der Waals surface area (Å²) in [6, 6.07) is 4.15. The van der Waals surface area contributed by atoms with Crippen LogP contribution in [0.5, 0.6) is 0 Å². The van der Waals surface area contributed by atoms with Gasteiger partial charge in [0.15, 0.2) is 0 Å². The Hall–Kier alpha value is -2.13. The maximum Gasteiger partial charge on any atom is 0.242 e. The number of rotatable bonds is 7. The average Bonchev–Trinajstić information content (AvgIpc) is 3.13. The van der Waals surface area contributed by atoms with Gasteiger partial charge in [-0.25, -0.2) is 17.5 Å². The number of nitrogens with zero attached hydrogens (tertiary/aromatic N) is 3. The van der Waals surface area contributed by atoms with E-state index in [1.165, 1.54) is 11.0 Å². The summed E-state index contributed by atoms with van der Waals surface area (Å²) in [4.78, 5) is 18.3. The van der Waals surface area contributed by atoms with Crippen molar-refractivity contribution in [3.8, 4) is 6.07 Å². The van der Waals surface area contributed by atoms with Crippen LogP contribution in [0.3, 0.4) is 0 Å². The zero-order chi connectivity index (χ0) is 21.7. The van der Waals surface area contributed by atoms with Crippen molar-refractivity contribution < 1.29 is 17.6 Å². The van der Waals surface area contributed by atoms with Gasteiger partial charge in [-0.05, 0) is 25.1 Å². The molecular weight excluding hydrogens is 411 g/mol. The molecule has 1 amide bonds. The minimum atomic E-state index is -3.70. The molecule has 0 saturated carbocycles. The highest BCUT2D eigenvalue weighted by Crippen LogP contribution is 2.28. The molecule has 30 heavy (non-hydrogen) atoms. The van der Waals surface area contributed by atoms with Crippen LogP contribution in [0.4, 0.5) is 4.39 Å². The fraction of sp³-hybridized carbons (Fsp3) is 0.632. The summed E-state index contributed by atoms with van der Waals surface area (Å²) in [6.45, 7) is 3.08. The van der Waals surface area contributed by atoms with Crippen molar-refractivity contribution in [2.24, 2.45) is 0 Å². The van der Waals surface area contributed by atoms with Gasteiger partial charge in [0.2, 0.25) is 15.9 Å². The largest absolute Gasteiger partial charge is 0.323 e. The Balaban J connectivity index is 1.75. The van der Waals surface area contributed by atoms with Gasteiger partial charge in [0.1, 0.15) is 17.1 Å². The summed E-state index contributed by atoms with van der Waals surface area (Å²) in [5.41, 5.74) is 0.440. The number of pyridine rings is 1. The van der Waals surface area contributed by atoms with Gasteiger partial charge < -0.3 is 15.5 Å². The van der Waals surface area contributed by atoms with Crippen molar-refractivity contribution in [2.75, 3.05) is 32.7 Å². The lowest BCUT2D eigenvalue weighted by molar-refractivity contribution is -0.130. The first-order valence-corrected chi connectivity index (χ1v) is 11.6. The second-order valence-corrected chi connectivity index (χ2v) is 9.23. The van der Waals surface area contributed by atoms with Crippen molar-refractivity contribution >= 4 is 15.9 Å². The molecule has 1 aromatic heterocycles. The third kappa shape index (κ3) is 4.95. The number of carbonyl (C=O) groups excluding carboxylic acids is 1.